The molecule has 2 heteroatoms. The van der Waals surface area contributed by atoms with Crippen molar-refractivity contribution in [1.29, 1.82) is 0 Å². The quantitative estimate of drug-likeness (QED) is 0.904. The topological polar surface area (TPSA) is 15.3 Å². The zero-order valence-corrected chi connectivity index (χ0v) is 13.0. The molecule has 3 rings (SSSR count). The van der Waals surface area contributed by atoms with Crippen LogP contribution in [0.4, 0.5) is 0 Å². The Hall–Kier alpha value is -0.860. The average molecular weight is 272 g/mol. The fourth-order valence-electron chi connectivity index (χ4n) is 3.92. The Kier molecular flexibility index (Phi) is 4.42. The van der Waals surface area contributed by atoms with Crippen molar-refractivity contribution in [1.82, 2.24) is 10.2 Å². The number of piperidine rings is 1. The monoisotopic (exact) mass is 272 g/mol. The SMILES string of the molecule is Cc1ccc(C)c(C(C2CCCN2)N2CCCCC2)c1. The van der Waals surface area contributed by atoms with Gasteiger partial charge in [0.15, 0.2) is 0 Å². The highest BCUT2D eigenvalue weighted by Gasteiger charge is 2.32. The number of aryl methyl sites for hydroxylation is 2. The van der Waals surface area contributed by atoms with Crippen LogP contribution in [-0.2, 0) is 0 Å². The third-order valence-corrected chi connectivity index (χ3v) is 5.02. The van der Waals surface area contributed by atoms with Crippen LogP contribution in [0, 0.1) is 13.8 Å². The van der Waals surface area contributed by atoms with E-state index in [1.54, 1.807) is 5.56 Å². The minimum Gasteiger partial charge on any atom is -0.312 e. The molecule has 2 aliphatic heterocycles. The molecule has 2 heterocycles. The molecule has 2 saturated heterocycles. The van der Waals surface area contributed by atoms with Gasteiger partial charge in [0.25, 0.3) is 0 Å². The van der Waals surface area contributed by atoms with Gasteiger partial charge in [0.1, 0.15) is 0 Å². The van der Waals surface area contributed by atoms with Crippen molar-refractivity contribution in [3.05, 3.63) is 34.9 Å². The van der Waals surface area contributed by atoms with Crippen molar-refractivity contribution >= 4 is 0 Å². The van der Waals surface area contributed by atoms with Crippen LogP contribution in [0.3, 0.4) is 0 Å². The zero-order chi connectivity index (χ0) is 13.9. The fraction of sp³-hybridized carbons (Fsp3) is 0.667. The summed E-state index contributed by atoms with van der Waals surface area (Å²) in [7, 11) is 0. The summed E-state index contributed by atoms with van der Waals surface area (Å²) in [6.07, 6.45) is 6.81. The van der Waals surface area contributed by atoms with Crippen LogP contribution in [0.1, 0.15) is 54.8 Å². The highest BCUT2D eigenvalue weighted by atomic mass is 15.2. The van der Waals surface area contributed by atoms with Crippen molar-refractivity contribution < 1.29 is 0 Å². The minimum atomic E-state index is 0.581. The van der Waals surface area contributed by atoms with E-state index in [1.807, 2.05) is 0 Å². The molecule has 0 bridgehead atoms. The predicted molar refractivity (Wildman–Crippen MR) is 85.1 cm³/mol. The van der Waals surface area contributed by atoms with Gasteiger partial charge in [0.2, 0.25) is 0 Å². The lowest BCUT2D eigenvalue weighted by Crippen LogP contribution is -2.43. The standard InChI is InChI=1S/C18H28N2/c1-14-8-9-15(2)16(13-14)18(17-7-6-10-19-17)20-11-4-3-5-12-20/h8-9,13,17-19H,3-7,10-12H2,1-2H3. The van der Waals surface area contributed by atoms with Gasteiger partial charge in [-0.2, -0.15) is 0 Å². The normalized spacial score (nSPS) is 25.8. The molecule has 0 radical (unpaired) electrons. The van der Waals surface area contributed by atoms with Gasteiger partial charge in [-0.05, 0) is 70.3 Å². The van der Waals surface area contributed by atoms with Crippen molar-refractivity contribution in [2.75, 3.05) is 19.6 Å². The summed E-state index contributed by atoms with van der Waals surface area (Å²) in [6.45, 7) is 8.24. The van der Waals surface area contributed by atoms with Gasteiger partial charge in [-0.15, -0.1) is 0 Å². The molecule has 2 unspecified atom stereocenters. The first-order chi connectivity index (χ1) is 9.75. The van der Waals surface area contributed by atoms with Crippen LogP contribution in [0.15, 0.2) is 18.2 Å². The minimum absolute atomic E-state index is 0.581. The van der Waals surface area contributed by atoms with Gasteiger partial charge in [0, 0.05) is 6.04 Å². The Morgan fingerprint density at radius 3 is 2.60 bits per heavy atom. The largest absolute Gasteiger partial charge is 0.312 e. The summed E-state index contributed by atoms with van der Waals surface area (Å²) in [5, 5.41) is 3.76. The van der Waals surface area contributed by atoms with Gasteiger partial charge in [0.05, 0.1) is 6.04 Å². The maximum atomic E-state index is 3.76. The van der Waals surface area contributed by atoms with E-state index in [9.17, 15) is 0 Å². The Morgan fingerprint density at radius 1 is 1.10 bits per heavy atom. The van der Waals surface area contributed by atoms with Gasteiger partial charge >= 0.3 is 0 Å². The molecule has 1 aromatic carbocycles. The first-order valence-corrected chi connectivity index (χ1v) is 8.30. The molecule has 2 nitrogen and oxygen atoms in total. The number of nitrogens with one attached hydrogen (secondary N) is 1. The molecular formula is C18H28N2. The molecule has 0 spiro atoms. The number of hydrogen-bond donors (Lipinski definition) is 1. The highest BCUT2D eigenvalue weighted by Crippen LogP contribution is 2.33. The molecule has 0 saturated carbocycles. The maximum Gasteiger partial charge on any atom is 0.0504 e. The molecule has 0 aromatic heterocycles. The summed E-state index contributed by atoms with van der Waals surface area (Å²) >= 11 is 0. The van der Waals surface area contributed by atoms with E-state index in [2.05, 4.69) is 42.3 Å². The molecule has 20 heavy (non-hydrogen) atoms. The fourth-order valence-corrected chi connectivity index (χ4v) is 3.92. The van der Waals surface area contributed by atoms with Gasteiger partial charge in [-0.3, -0.25) is 4.90 Å². The van der Waals surface area contributed by atoms with Crippen LogP contribution in [0.5, 0.6) is 0 Å². The summed E-state index contributed by atoms with van der Waals surface area (Å²) < 4.78 is 0. The summed E-state index contributed by atoms with van der Waals surface area (Å²) in [5.74, 6) is 0. The molecule has 2 aliphatic rings. The van der Waals surface area contributed by atoms with E-state index in [0.717, 1.165) is 0 Å². The van der Waals surface area contributed by atoms with Crippen LogP contribution in [0.2, 0.25) is 0 Å². The molecule has 0 amide bonds. The first-order valence-electron chi connectivity index (χ1n) is 8.30. The zero-order valence-electron chi connectivity index (χ0n) is 13.0. The Labute approximate surface area is 123 Å². The van der Waals surface area contributed by atoms with Crippen LogP contribution >= 0.6 is 0 Å². The average Bonchev–Trinajstić information content (AvgIpc) is 2.98. The lowest BCUT2D eigenvalue weighted by atomic mass is 9.90. The van der Waals surface area contributed by atoms with E-state index >= 15 is 0 Å². The Morgan fingerprint density at radius 2 is 1.90 bits per heavy atom. The molecule has 2 fully saturated rings. The van der Waals surface area contributed by atoms with E-state index in [0.29, 0.717) is 12.1 Å². The third kappa shape index (κ3) is 2.91. The summed E-state index contributed by atoms with van der Waals surface area (Å²) in [6, 6.07) is 8.20. The van der Waals surface area contributed by atoms with E-state index in [-0.39, 0.29) is 0 Å². The number of nitrogens with zero attached hydrogens (tertiary/aromatic N) is 1. The lowest BCUT2D eigenvalue weighted by Gasteiger charge is -2.39. The second-order valence-electron chi connectivity index (χ2n) is 6.60. The second-order valence-corrected chi connectivity index (χ2v) is 6.60. The second kappa shape index (κ2) is 6.28. The van der Waals surface area contributed by atoms with Gasteiger partial charge in [-0.25, -0.2) is 0 Å². The number of rotatable bonds is 3. The first kappa shape index (κ1) is 14.1. The Bertz CT molecular complexity index is 443. The number of hydrogen-bond acceptors (Lipinski definition) is 2. The van der Waals surface area contributed by atoms with Crippen LogP contribution in [0.25, 0.3) is 0 Å². The van der Waals surface area contributed by atoms with Crippen molar-refractivity contribution in [2.24, 2.45) is 0 Å². The van der Waals surface area contributed by atoms with Crippen molar-refractivity contribution in [3.63, 3.8) is 0 Å². The molecule has 0 aliphatic carbocycles. The van der Waals surface area contributed by atoms with Crippen LogP contribution in [-0.4, -0.2) is 30.6 Å². The van der Waals surface area contributed by atoms with E-state index in [4.69, 9.17) is 0 Å². The molecule has 1 N–H and O–H groups in total. The maximum absolute atomic E-state index is 3.76. The molecule has 110 valence electrons. The van der Waals surface area contributed by atoms with Gasteiger partial charge < -0.3 is 5.32 Å². The molecule has 1 aromatic rings. The predicted octanol–water partition coefficient (Wildman–Crippen LogP) is 3.58. The smallest absolute Gasteiger partial charge is 0.0504 e. The van der Waals surface area contributed by atoms with Crippen molar-refractivity contribution in [2.45, 2.75) is 58.0 Å². The van der Waals surface area contributed by atoms with Gasteiger partial charge in [-0.1, -0.05) is 30.2 Å². The van der Waals surface area contributed by atoms with Crippen molar-refractivity contribution in [3.8, 4) is 0 Å². The Balaban J connectivity index is 1.92. The van der Waals surface area contributed by atoms with E-state index in [1.165, 1.54) is 62.9 Å². The lowest BCUT2D eigenvalue weighted by molar-refractivity contribution is 0.135. The van der Waals surface area contributed by atoms with E-state index < -0.39 is 0 Å². The highest BCUT2D eigenvalue weighted by molar-refractivity contribution is 5.34. The summed E-state index contributed by atoms with van der Waals surface area (Å²) in [4.78, 5) is 2.74. The summed E-state index contributed by atoms with van der Waals surface area (Å²) in [5.41, 5.74) is 4.41. The molecule has 2 atom stereocenters. The number of likely N-dealkylation sites (tertiary alicyclic amines) is 1. The molecular weight excluding hydrogens is 244 g/mol. The van der Waals surface area contributed by atoms with Crippen LogP contribution < -0.4 is 5.32 Å². The number of benzene rings is 1. The third-order valence-electron chi connectivity index (χ3n) is 5.02.